The number of nitrogens with one attached hydrogen (secondary N) is 1. The Bertz CT molecular complexity index is 576. The van der Waals surface area contributed by atoms with Crippen molar-refractivity contribution in [3.05, 3.63) is 16.5 Å². The predicted octanol–water partition coefficient (Wildman–Crippen LogP) is 2.76. The van der Waals surface area contributed by atoms with Crippen molar-refractivity contribution in [3.63, 3.8) is 0 Å². The van der Waals surface area contributed by atoms with Crippen molar-refractivity contribution in [1.82, 2.24) is 4.72 Å². The molecule has 6 heteroatoms. The van der Waals surface area contributed by atoms with E-state index in [1.807, 2.05) is 6.92 Å². The van der Waals surface area contributed by atoms with Gasteiger partial charge < -0.3 is 5.73 Å². The number of thiophene rings is 1. The van der Waals surface area contributed by atoms with Crippen molar-refractivity contribution in [3.8, 4) is 0 Å². The van der Waals surface area contributed by atoms with Gasteiger partial charge >= 0.3 is 0 Å². The van der Waals surface area contributed by atoms with Crippen molar-refractivity contribution < 1.29 is 8.42 Å². The van der Waals surface area contributed by atoms with E-state index in [0.717, 1.165) is 29.7 Å². The molecule has 0 amide bonds. The molecule has 1 aromatic heterocycles. The fourth-order valence-corrected chi connectivity index (χ4v) is 5.71. The van der Waals surface area contributed by atoms with Crippen LogP contribution in [-0.2, 0) is 16.6 Å². The molecule has 1 saturated carbocycles. The summed E-state index contributed by atoms with van der Waals surface area (Å²) in [4.78, 5) is 0.938. The Morgan fingerprint density at radius 2 is 2.15 bits per heavy atom. The van der Waals surface area contributed by atoms with Crippen LogP contribution in [0.25, 0.3) is 0 Å². The number of hydrogen-bond donors (Lipinski definition) is 2. The van der Waals surface area contributed by atoms with Crippen LogP contribution in [-0.4, -0.2) is 14.5 Å². The number of sulfonamides is 1. The lowest BCUT2D eigenvalue weighted by Crippen LogP contribution is -2.46. The first-order chi connectivity index (χ1) is 9.26. The Labute approximate surface area is 125 Å². The molecule has 1 unspecified atom stereocenters. The molecule has 4 nitrogen and oxygen atoms in total. The highest BCUT2D eigenvalue weighted by Gasteiger charge is 2.35. The molecular formula is C14H24N2O2S2. The van der Waals surface area contributed by atoms with Crippen LogP contribution in [0.5, 0.6) is 0 Å². The largest absolute Gasteiger partial charge is 0.326 e. The Kier molecular flexibility index (Phi) is 4.59. The molecule has 0 aliphatic heterocycles. The molecule has 0 radical (unpaired) electrons. The van der Waals surface area contributed by atoms with E-state index >= 15 is 0 Å². The number of hydrogen-bond acceptors (Lipinski definition) is 4. The predicted molar refractivity (Wildman–Crippen MR) is 83.3 cm³/mol. The van der Waals surface area contributed by atoms with Gasteiger partial charge in [0.25, 0.3) is 0 Å². The van der Waals surface area contributed by atoms with E-state index < -0.39 is 10.0 Å². The smallest absolute Gasteiger partial charge is 0.250 e. The number of nitrogens with two attached hydrogens (primary N) is 1. The van der Waals surface area contributed by atoms with Gasteiger partial charge in [0.1, 0.15) is 4.21 Å². The molecule has 0 aromatic carbocycles. The Morgan fingerprint density at radius 1 is 1.45 bits per heavy atom. The van der Waals surface area contributed by atoms with Gasteiger partial charge in [0.2, 0.25) is 10.0 Å². The highest BCUT2D eigenvalue weighted by molar-refractivity contribution is 7.91. The minimum Gasteiger partial charge on any atom is -0.326 e. The molecule has 1 aliphatic carbocycles. The summed E-state index contributed by atoms with van der Waals surface area (Å²) < 4.78 is 28.4. The maximum absolute atomic E-state index is 12.5. The van der Waals surface area contributed by atoms with Crippen LogP contribution in [0.1, 0.15) is 50.0 Å². The molecular weight excluding hydrogens is 292 g/mol. The third kappa shape index (κ3) is 3.24. The van der Waals surface area contributed by atoms with Gasteiger partial charge in [-0.1, -0.05) is 26.7 Å². The van der Waals surface area contributed by atoms with E-state index in [1.54, 1.807) is 6.07 Å². The second kappa shape index (κ2) is 5.75. The van der Waals surface area contributed by atoms with Crippen LogP contribution in [0.3, 0.4) is 0 Å². The van der Waals surface area contributed by atoms with Crippen LogP contribution in [0.2, 0.25) is 0 Å². The molecule has 0 bridgehead atoms. The lowest BCUT2D eigenvalue weighted by Gasteiger charge is -2.38. The van der Waals surface area contributed by atoms with Crippen molar-refractivity contribution in [1.29, 1.82) is 0 Å². The van der Waals surface area contributed by atoms with Crippen molar-refractivity contribution in [2.45, 2.75) is 63.3 Å². The standard InChI is InChI=1S/C14H24N2O2S2/c1-10-8-13(19-11(10)9-15)20(17,18)16-12-6-4-5-7-14(12,2)3/h8,12,16H,4-7,9,15H2,1-3H3. The monoisotopic (exact) mass is 316 g/mol. The average Bonchev–Trinajstić information content (AvgIpc) is 2.74. The third-order valence-electron chi connectivity index (χ3n) is 4.25. The summed E-state index contributed by atoms with van der Waals surface area (Å²) in [6.07, 6.45) is 4.26. The highest BCUT2D eigenvalue weighted by Crippen LogP contribution is 2.36. The fraction of sp³-hybridized carbons (Fsp3) is 0.714. The van der Waals surface area contributed by atoms with E-state index in [2.05, 4.69) is 18.6 Å². The van der Waals surface area contributed by atoms with Gasteiger partial charge in [-0.3, -0.25) is 0 Å². The summed E-state index contributed by atoms with van der Waals surface area (Å²) in [5, 5.41) is 0. The van der Waals surface area contributed by atoms with Crippen LogP contribution in [0.4, 0.5) is 0 Å². The van der Waals surface area contributed by atoms with E-state index in [4.69, 9.17) is 5.73 Å². The first-order valence-electron chi connectivity index (χ1n) is 7.08. The summed E-state index contributed by atoms with van der Waals surface area (Å²) in [5.74, 6) is 0. The lowest BCUT2D eigenvalue weighted by atomic mass is 9.74. The van der Waals surface area contributed by atoms with Crippen LogP contribution in [0.15, 0.2) is 10.3 Å². The molecule has 1 atom stereocenters. The van der Waals surface area contributed by atoms with Gasteiger partial charge in [-0.05, 0) is 36.8 Å². The van der Waals surface area contributed by atoms with E-state index in [-0.39, 0.29) is 11.5 Å². The molecule has 0 saturated heterocycles. The van der Waals surface area contributed by atoms with E-state index in [9.17, 15) is 8.42 Å². The Hall–Kier alpha value is -0.430. The molecule has 1 aliphatic rings. The fourth-order valence-electron chi connectivity index (χ4n) is 2.78. The quantitative estimate of drug-likeness (QED) is 0.897. The molecule has 1 aromatic rings. The zero-order chi connectivity index (χ0) is 15.0. The summed E-state index contributed by atoms with van der Waals surface area (Å²) in [6.45, 7) is 6.58. The van der Waals surface area contributed by atoms with E-state index in [1.165, 1.54) is 17.8 Å². The van der Waals surface area contributed by atoms with Gasteiger partial charge in [0.05, 0.1) is 0 Å². The van der Waals surface area contributed by atoms with Gasteiger partial charge in [-0.2, -0.15) is 0 Å². The zero-order valence-electron chi connectivity index (χ0n) is 12.4. The second-order valence-electron chi connectivity index (χ2n) is 6.28. The third-order valence-corrected chi connectivity index (χ3v) is 7.46. The molecule has 2 rings (SSSR count). The van der Waals surface area contributed by atoms with E-state index in [0.29, 0.717) is 10.8 Å². The number of rotatable bonds is 4. The first-order valence-corrected chi connectivity index (χ1v) is 9.38. The SMILES string of the molecule is Cc1cc(S(=O)(=O)NC2CCCCC2(C)C)sc1CN. The first kappa shape index (κ1) is 15.9. The van der Waals surface area contributed by atoms with Crippen LogP contribution in [0, 0.1) is 12.3 Å². The summed E-state index contributed by atoms with van der Waals surface area (Å²) in [5.41, 5.74) is 6.61. The zero-order valence-corrected chi connectivity index (χ0v) is 14.0. The maximum atomic E-state index is 12.5. The Morgan fingerprint density at radius 3 is 2.70 bits per heavy atom. The van der Waals surface area contributed by atoms with Crippen molar-refractivity contribution in [2.75, 3.05) is 0 Å². The topological polar surface area (TPSA) is 72.2 Å². The minimum absolute atomic E-state index is 0.0185. The highest BCUT2D eigenvalue weighted by atomic mass is 32.2. The van der Waals surface area contributed by atoms with Gasteiger partial charge in [0.15, 0.2) is 0 Å². The molecule has 114 valence electrons. The van der Waals surface area contributed by atoms with Gasteiger partial charge in [-0.15, -0.1) is 11.3 Å². The van der Waals surface area contributed by atoms with Crippen molar-refractivity contribution in [2.24, 2.45) is 11.1 Å². The van der Waals surface area contributed by atoms with Crippen LogP contribution < -0.4 is 10.5 Å². The molecule has 1 heterocycles. The van der Waals surface area contributed by atoms with Gasteiger partial charge in [0, 0.05) is 17.5 Å². The molecule has 20 heavy (non-hydrogen) atoms. The summed E-state index contributed by atoms with van der Waals surface area (Å²) >= 11 is 1.28. The summed E-state index contributed by atoms with van der Waals surface area (Å²) in [7, 11) is -3.43. The Balaban J connectivity index is 2.22. The molecule has 0 spiro atoms. The van der Waals surface area contributed by atoms with Gasteiger partial charge in [-0.25, -0.2) is 13.1 Å². The second-order valence-corrected chi connectivity index (χ2v) is 9.36. The van der Waals surface area contributed by atoms with Crippen LogP contribution >= 0.6 is 11.3 Å². The summed E-state index contributed by atoms with van der Waals surface area (Å²) in [6, 6.07) is 1.75. The molecule has 3 N–H and O–H groups in total. The lowest BCUT2D eigenvalue weighted by molar-refractivity contribution is 0.188. The van der Waals surface area contributed by atoms with Crippen molar-refractivity contribution >= 4 is 21.4 Å². The normalized spacial score (nSPS) is 22.9. The minimum atomic E-state index is -3.43. The number of aryl methyl sites for hydroxylation is 1. The molecule has 1 fully saturated rings. The maximum Gasteiger partial charge on any atom is 0.250 e. The average molecular weight is 316 g/mol.